The lowest BCUT2D eigenvalue weighted by Gasteiger charge is -2.09. The summed E-state index contributed by atoms with van der Waals surface area (Å²) in [6, 6.07) is 5.34. The largest absolute Gasteiger partial charge is 0.398 e. The minimum absolute atomic E-state index is 0.0413. The molecular formula is C13H20N2O2S. The second kappa shape index (κ2) is 6.54. The first-order valence-corrected chi connectivity index (χ1v) is 7.23. The Bertz CT molecular complexity index is 458. The Kier molecular flexibility index (Phi) is 5.34. The van der Waals surface area contributed by atoms with Crippen LogP contribution in [0.4, 0.5) is 5.69 Å². The van der Waals surface area contributed by atoms with E-state index < -0.39 is 10.8 Å². The van der Waals surface area contributed by atoms with Gasteiger partial charge in [0.2, 0.25) is 5.91 Å². The maximum atomic E-state index is 12.0. The molecule has 0 heterocycles. The molecule has 0 saturated carbocycles. The van der Waals surface area contributed by atoms with Crippen molar-refractivity contribution < 1.29 is 9.00 Å². The summed E-state index contributed by atoms with van der Waals surface area (Å²) in [6.07, 6.45) is 0. The fourth-order valence-electron chi connectivity index (χ4n) is 1.40. The number of benzene rings is 1. The third-order valence-corrected chi connectivity index (χ3v) is 3.75. The second-order valence-corrected chi connectivity index (χ2v) is 6.15. The Morgan fingerprint density at radius 3 is 2.72 bits per heavy atom. The molecule has 1 aromatic rings. The molecule has 0 fully saturated rings. The van der Waals surface area contributed by atoms with Gasteiger partial charge in [0, 0.05) is 12.2 Å². The summed E-state index contributed by atoms with van der Waals surface area (Å²) in [7, 11) is -1.39. The molecule has 0 aromatic heterocycles. The quantitative estimate of drug-likeness (QED) is 0.794. The zero-order chi connectivity index (χ0) is 13.7. The maximum absolute atomic E-state index is 12.0. The first kappa shape index (κ1) is 14.7. The van der Waals surface area contributed by atoms with Crippen molar-refractivity contribution in [2.45, 2.75) is 25.7 Å². The number of nitrogens with one attached hydrogen (secondary N) is 1. The molecule has 1 atom stereocenters. The van der Waals surface area contributed by atoms with E-state index in [4.69, 9.17) is 5.73 Å². The van der Waals surface area contributed by atoms with Crippen molar-refractivity contribution in [2.75, 3.05) is 18.0 Å². The van der Waals surface area contributed by atoms with Crippen LogP contribution in [-0.4, -0.2) is 22.4 Å². The van der Waals surface area contributed by atoms with Crippen molar-refractivity contribution in [2.24, 2.45) is 5.92 Å². The molecule has 0 aliphatic rings. The van der Waals surface area contributed by atoms with Gasteiger partial charge < -0.3 is 11.1 Å². The van der Waals surface area contributed by atoms with Crippen LogP contribution in [0.15, 0.2) is 23.1 Å². The molecule has 0 spiro atoms. The number of hydrogen-bond donors (Lipinski definition) is 2. The van der Waals surface area contributed by atoms with E-state index in [0.717, 1.165) is 5.56 Å². The lowest BCUT2D eigenvalue weighted by molar-refractivity contribution is -0.118. The first-order chi connectivity index (χ1) is 8.40. The lowest BCUT2D eigenvalue weighted by atomic mass is 10.2. The first-order valence-electron chi connectivity index (χ1n) is 5.91. The van der Waals surface area contributed by atoms with E-state index in [1.54, 1.807) is 12.1 Å². The third kappa shape index (κ3) is 4.49. The van der Waals surface area contributed by atoms with Crippen molar-refractivity contribution >= 4 is 22.4 Å². The fraction of sp³-hybridized carbons (Fsp3) is 0.462. The smallest absolute Gasteiger partial charge is 0.233 e. The van der Waals surface area contributed by atoms with E-state index in [1.165, 1.54) is 0 Å². The molecule has 3 N–H and O–H groups in total. The van der Waals surface area contributed by atoms with Gasteiger partial charge in [-0.15, -0.1) is 0 Å². The van der Waals surface area contributed by atoms with E-state index in [2.05, 4.69) is 5.32 Å². The Balaban J connectivity index is 2.65. The highest BCUT2D eigenvalue weighted by Gasteiger charge is 2.13. The summed E-state index contributed by atoms with van der Waals surface area (Å²) in [6.45, 7) is 6.52. The number of nitrogen functional groups attached to an aromatic ring is 1. The van der Waals surface area contributed by atoms with Crippen LogP contribution in [-0.2, 0) is 15.6 Å². The van der Waals surface area contributed by atoms with E-state index >= 15 is 0 Å². The Hall–Kier alpha value is -1.36. The number of carbonyl (C=O) groups is 1. The van der Waals surface area contributed by atoms with Crippen molar-refractivity contribution in [1.29, 1.82) is 0 Å². The van der Waals surface area contributed by atoms with Crippen molar-refractivity contribution in [1.82, 2.24) is 5.32 Å². The number of nitrogens with two attached hydrogens (primary N) is 1. The lowest BCUT2D eigenvalue weighted by Crippen LogP contribution is -2.31. The maximum Gasteiger partial charge on any atom is 0.233 e. The SMILES string of the molecule is Cc1ccc(N)c(S(=O)CC(=O)NCC(C)C)c1. The van der Waals surface area contributed by atoms with Gasteiger partial charge in [-0.05, 0) is 30.5 Å². The van der Waals surface area contributed by atoms with Crippen LogP contribution in [0, 0.1) is 12.8 Å². The molecule has 0 bridgehead atoms. The molecule has 4 nitrogen and oxygen atoms in total. The highest BCUT2D eigenvalue weighted by atomic mass is 32.2. The number of anilines is 1. The molecule has 18 heavy (non-hydrogen) atoms. The fourth-order valence-corrected chi connectivity index (χ4v) is 2.55. The molecule has 1 rings (SSSR count). The topological polar surface area (TPSA) is 72.2 Å². The molecule has 1 aromatic carbocycles. The van der Waals surface area contributed by atoms with Crippen molar-refractivity contribution in [3.05, 3.63) is 23.8 Å². The Morgan fingerprint density at radius 2 is 2.11 bits per heavy atom. The molecule has 0 radical (unpaired) electrons. The van der Waals surface area contributed by atoms with Crippen molar-refractivity contribution in [3.63, 3.8) is 0 Å². The van der Waals surface area contributed by atoms with E-state index in [-0.39, 0.29) is 11.7 Å². The van der Waals surface area contributed by atoms with Crippen LogP contribution in [0.1, 0.15) is 19.4 Å². The molecule has 1 unspecified atom stereocenters. The van der Waals surface area contributed by atoms with Crippen LogP contribution < -0.4 is 11.1 Å². The van der Waals surface area contributed by atoms with Crippen LogP contribution in [0.2, 0.25) is 0 Å². The van der Waals surface area contributed by atoms with Gasteiger partial charge in [-0.3, -0.25) is 9.00 Å². The van der Waals surface area contributed by atoms with Crippen LogP contribution in [0.5, 0.6) is 0 Å². The van der Waals surface area contributed by atoms with Crippen LogP contribution >= 0.6 is 0 Å². The molecule has 0 aliphatic carbocycles. The molecule has 5 heteroatoms. The third-order valence-electron chi connectivity index (χ3n) is 2.38. The summed E-state index contributed by atoms with van der Waals surface area (Å²) in [5.74, 6) is 0.134. The predicted molar refractivity (Wildman–Crippen MR) is 74.7 cm³/mol. The summed E-state index contributed by atoms with van der Waals surface area (Å²) in [5, 5.41) is 2.74. The summed E-state index contributed by atoms with van der Waals surface area (Å²) in [5.41, 5.74) is 7.21. The van der Waals surface area contributed by atoms with Gasteiger partial charge in [0.05, 0.1) is 15.7 Å². The van der Waals surface area contributed by atoms with Gasteiger partial charge >= 0.3 is 0 Å². The molecular weight excluding hydrogens is 248 g/mol. The monoisotopic (exact) mass is 268 g/mol. The summed E-state index contributed by atoms with van der Waals surface area (Å²) >= 11 is 0. The van der Waals surface area contributed by atoms with Crippen LogP contribution in [0.3, 0.4) is 0 Å². The normalized spacial score (nSPS) is 12.4. The molecule has 100 valence electrons. The van der Waals surface area contributed by atoms with E-state index in [1.807, 2.05) is 26.8 Å². The molecule has 0 saturated heterocycles. The zero-order valence-electron chi connectivity index (χ0n) is 11.0. The molecule has 0 aliphatic heterocycles. The number of aryl methyl sites for hydroxylation is 1. The minimum Gasteiger partial charge on any atom is -0.398 e. The zero-order valence-corrected chi connectivity index (χ0v) is 11.8. The predicted octanol–water partition coefficient (Wildman–Crippen LogP) is 1.46. The van der Waals surface area contributed by atoms with Gasteiger partial charge in [0.15, 0.2) is 0 Å². The average Bonchev–Trinajstić information content (AvgIpc) is 2.29. The minimum atomic E-state index is -1.39. The Labute approximate surface area is 110 Å². The van der Waals surface area contributed by atoms with Gasteiger partial charge in [-0.2, -0.15) is 0 Å². The second-order valence-electron chi connectivity index (χ2n) is 4.73. The average molecular weight is 268 g/mol. The highest BCUT2D eigenvalue weighted by molar-refractivity contribution is 7.86. The van der Waals surface area contributed by atoms with Gasteiger partial charge in [0.1, 0.15) is 5.75 Å². The van der Waals surface area contributed by atoms with Gasteiger partial charge in [-0.25, -0.2) is 0 Å². The Morgan fingerprint density at radius 1 is 1.44 bits per heavy atom. The van der Waals surface area contributed by atoms with E-state index in [9.17, 15) is 9.00 Å². The van der Waals surface area contributed by atoms with Crippen molar-refractivity contribution in [3.8, 4) is 0 Å². The summed E-state index contributed by atoms with van der Waals surface area (Å²) in [4.78, 5) is 12.1. The summed E-state index contributed by atoms with van der Waals surface area (Å²) < 4.78 is 12.0. The molecule has 1 amide bonds. The number of carbonyl (C=O) groups excluding carboxylic acids is 1. The van der Waals surface area contributed by atoms with Gasteiger partial charge in [-0.1, -0.05) is 19.9 Å². The van der Waals surface area contributed by atoms with Gasteiger partial charge in [0.25, 0.3) is 0 Å². The number of rotatable bonds is 5. The standard InChI is InChI=1S/C13H20N2O2S/c1-9(2)7-15-13(16)8-18(17)12-6-10(3)4-5-11(12)14/h4-6,9H,7-8,14H2,1-3H3,(H,15,16). The van der Waals surface area contributed by atoms with Crippen LogP contribution in [0.25, 0.3) is 0 Å². The number of amides is 1. The highest BCUT2D eigenvalue weighted by Crippen LogP contribution is 2.18. The van der Waals surface area contributed by atoms with E-state index in [0.29, 0.717) is 23.0 Å². The number of hydrogen-bond acceptors (Lipinski definition) is 3.